The number of aromatic nitrogens is 2. The van der Waals surface area contributed by atoms with Crippen molar-refractivity contribution in [1.82, 2.24) is 9.97 Å². The normalized spacial score (nSPS) is 23.4. The van der Waals surface area contributed by atoms with E-state index in [0.29, 0.717) is 11.4 Å². The lowest BCUT2D eigenvalue weighted by atomic mass is 10.0. The van der Waals surface area contributed by atoms with Crippen LogP contribution >= 0.6 is 11.6 Å². The van der Waals surface area contributed by atoms with Gasteiger partial charge in [0.1, 0.15) is 11.4 Å². The van der Waals surface area contributed by atoms with Gasteiger partial charge in [-0.2, -0.15) is 4.98 Å². The molecule has 1 N–H and O–H groups in total. The molecular weight excluding hydrogens is 282 g/mol. The van der Waals surface area contributed by atoms with Crippen molar-refractivity contribution in [2.45, 2.75) is 37.3 Å². The van der Waals surface area contributed by atoms with Crippen LogP contribution in [0.5, 0.6) is 0 Å². The van der Waals surface area contributed by atoms with E-state index in [2.05, 4.69) is 15.3 Å². The number of rotatable bonds is 3. The average Bonchev–Trinajstić information content (AvgIpc) is 3.17. The Labute approximate surface area is 121 Å². The van der Waals surface area contributed by atoms with Crippen molar-refractivity contribution in [2.75, 3.05) is 19.0 Å². The van der Waals surface area contributed by atoms with Crippen LogP contribution < -0.4 is 5.32 Å². The van der Waals surface area contributed by atoms with Gasteiger partial charge in [0.15, 0.2) is 0 Å². The van der Waals surface area contributed by atoms with Crippen molar-refractivity contribution in [3.8, 4) is 0 Å². The van der Waals surface area contributed by atoms with Crippen LogP contribution in [0.25, 0.3) is 0 Å². The smallest absolute Gasteiger partial charge is 0.343 e. The molecule has 1 aromatic heterocycles. The maximum Gasteiger partial charge on any atom is 0.343 e. The third kappa shape index (κ3) is 2.71. The molecule has 1 aromatic rings. The lowest BCUT2D eigenvalue weighted by Gasteiger charge is -2.30. The second-order valence-corrected chi connectivity index (χ2v) is 5.60. The standard InChI is InChI=1S/C13H16ClN3O3/c1-19-11(18)9-7-15-12(14)17-10(9)16-8-2-5-20-13(6-8)3-4-13/h7-8H,2-6H2,1H3,(H,15,16,17). The number of nitrogens with zero attached hydrogens (tertiary/aromatic N) is 2. The molecule has 0 bridgehead atoms. The van der Waals surface area contributed by atoms with Crippen molar-refractivity contribution < 1.29 is 14.3 Å². The zero-order valence-electron chi connectivity index (χ0n) is 11.2. The van der Waals surface area contributed by atoms with Crippen LogP contribution in [0.4, 0.5) is 5.82 Å². The quantitative estimate of drug-likeness (QED) is 0.680. The number of hydrogen-bond acceptors (Lipinski definition) is 6. The van der Waals surface area contributed by atoms with E-state index in [0.717, 1.165) is 32.3 Å². The van der Waals surface area contributed by atoms with Crippen LogP contribution in [0.3, 0.4) is 0 Å². The van der Waals surface area contributed by atoms with Gasteiger partial charge in [0.05, 0.1) is 12.7 Å². The Hall–Kier alpha value is -1.40. The molecule has 0 amide bonds. The molecule has 0 radical (unpaired) electrons. The van der Waals surface area contributed by atoms with E-state index in [1.807, 2.05) is 0 Å². The molecule has 1 saturated carbocycles. The first-order chi connectivity index (χ1) is 9.62. The molecule has 2 heterocycles. The molecule has 0 aromatic carbocycles. The van der Waals surface area contributed by atoms with Crippen molar-refractivity contribution in [3.05, 3.63) is 17.0 Å². The first kappa shape index (κ1) is 13.6. The Morgan fingerprint density at radius 3 is 3.10 bits per heavy atom. The molecule has 7 heteroatoms. The van der Waals surface area contributed by atoms with Gasteiger partial charge in [-0.25, -0.2) is 9.78 Å². The maximum absolute atomic E-state index is 11.7. The van der Waals surface area contributed by atoms with Gasteiger partial charge in [-0.15, -0.1) is 0 Å². The van der Waals surface area contributed by atoms with Crippen LogP contribution in [-0.4, -0.2) is 41.3 Å². The summed E-state index contributed by atoms with van der Waals surface area (Å²) in [4.78, 5) is 19.7. The summed E-state index contributed by atoms with van der Waals surface area (Å²) in [6, 6.07) is 0.223. The monoisotopic (exact) mass is 297 g/mol. The largest absolute Gasteiger partial charge is 0.465 e. The molecule has 3 rings (SSSR count). The fourth-order valence-electron chi connectivity index (χ4n) is 2.56. The molecule has 6 nitrogen and oxygen atoms in total. The summed E-state index contributed by atoms with van der Waals surface area (Å²) >= 11 is 5.81. The van der Waals surface area contributed by atoms with Gasteiger partial charge in [0.2, 0.25) is 5.28 Å². The Kier molecular flexibility index (Phi) is 3.52. The van der Waals surface area contributed by atoms with Gasteiger partial charge in [0, 0.05) is 18.8 Å². The molecule has 1 atom stereocenters. The van der Waals surface area contributed by atoms with Gasteiger partial charge in [0.25, 0.3) is 0 Å². The van der Waals surface area contributed by atoms with Gasteiger partial charge in [-0.3, -0.25) is 0 Å². The number of hydrogen-bond donors (Lipinski definition) is 1. The minimum atomic E-state index is -0.475. The van der Waals surface area contributed by atoms with E-state index in [1.165, 1.54) is 13.3 Å². The zero-order chi connectivity index (χ0) is 14.2. The van der Waals surface area contributed by atoms with Crippen LogP contribution in [-0.2, 0) is 9.47 Å². The van der Waals surface area contributed by atoms with E-state index in [1.54, 1.807) is 0 Å². The highest BCUT2D eigenvalue weighted by Crippen LogP contribution is 2.46. The van der Waals surface area contributed by atoms with E-state index in [4.69, 9.17) is 21.1 Å². The number of anilines is 1. The fourth-order valence-corrected chi connectivity index (χ4v) is 2.70. The molecule has 1 aliphatic carbocycles. The number of halogens is 1. The van der Waals surface area contributed by atoms with Crippen molar-refractivity contribution in [1.29, 1.82) is 0 Å². The number of carbonyl (C=O) groups is 1. The third-order valence-corrected chi connectivity index (χ3v) is 3.99. The molecule has 1 saturated heterocycles. The second kappa shape index (κ2) is 5.18. The molecule has 20 heavy (non-hydrogen) atoms. The molecule has 1 spiro atoms. The van der Waals surface area contributed by atoms with Gasteiger partial charge >= 0.3 is 5.97 Å². The summed E-state index contributed by atoms with van der Waals surface area (Å²) in [6.07, 6.45) is 5.41. The molecule has 2 fully saturated rings. The van der Waals surface area contributed by atoms with Crippen molar-refractivity contribution in [3.63, 3.8) is 0 Å². The predicted molar refractivity (Wildman–Crippen MR) is 72.9 cm³/mol. The van der Waals surface area contributed by atoms with E-state index in [-0.39, 0.29) is 16.9 Å². The van der Waals surface area contributed by atoms with Crippen molar-refractivity contribution >= 4 is 23.4 Å². The number of nitrogens with one attached hydrogen (secondary N) is 1. The Bertz CT molecular complexity index is 534. The van der Waals surface area contributed by atoms with Crippen LogP contribution in [0, 0.1) is 0 Å². The maximum atomic E-state index is 11.7. The Morgan fingerprint density at radius 2 is 2.40 bits per heavy atom. The predicted octanol–water partition coefficient (Wildman–Crippen LogP) is 2.04. The van der Waals surface area contributed by atoms with Crippen LogP contribution in [0.15, 0.2) is 6.20 Å². The van der Waals surface area contributed by atoms with Crippen LogP contribution in [0.1, 0.15) is 36.0 Å². The summed E-state index contributed by atoms with van der Waals surface area (Å²) in [7, 11) is 1.33. The third-order valence-electron chi connectivity index (χ3n) is 3.81. The highest BCUT2D eigenvalue weighted by atomic mass is 35.5. The Balaban J connectivity index is 1.78. The summed E-state index contributed by atoms with van der Waals surface area (Å²) in [5.74, 6) is -0.0445. The summed E-state index contributed by atoms with van der Waals surface area (Å²) < 4.78 is 10.5. The molecule has 1 unspecified atom stereocenters. The van der Waals surface area contributed by atoms with Gasteiger partial charge < -0.3 is 14.8 Å². The molecule has 108 valence electrons. The first-order valence-corrected chi connectivity index (χ1v) is 7.01. The first-order valence-electron chi connectivity index (χ1n) is 6.63. The highest BCUT2D eigenvalue weighted by molar-refractivity contribution is 6.28. The number of ether oxygens (including phenoxy) is 2. The minimum absolute atomic E-state index is 0.0537. The number of methoxy groups -OCH3 is 1. The SMILES string of the molecule is COC(=O)c1cnc(Cl)nc1NC1CCOC2(CC2)C1. The fraction of sp³-hybridized carbons (Fsp3) is 0.615. The lowest BCUT2D eigenvalue weighted by molar-refractivity contribution is -0.00885. The topological polar surface area (TPSA) is 73.3 Å². The zero-order valence-corrected chi connectivity index (χ0v) is 11.9. The van der Waals surface area contributed by atoms with Gasteiger partial charge in [-0.1, -0.05) is 0 Å². The molecule has 1 aliphatic heterocycles. The average molecular weight is 298 g/mol. The Morgan fingerprint density at radius 1 is 1.60 bits per heavy atom. The minimum Gasteiger partial charge on any atom is -0.465 e. The summed E-state index contributed by atoms with van der Waals surface area (Å²) in [5.41, 5.74) is 0.353. The lowest BCUT2D eigenvalue weighted by Crippen LogP contribution is -2.36. The number of esters is 1. The number of carbonyl (C=O) groups excluding carboxylic acids is 1. The molecular formula is C13H16ClN3O3. The molecule has 2 aliphatic rings. The second-order valence-electron chi connectivity index (χ2n) is 5.26. The van der Waals surface area contributed by atoms with Crippen LogP contribution in [0.2, 0.25) is 5.28 Å². The van der Waals surface area contributed by atoms with E-state index < -0.39 is 5.97 Å². The highest BCUT2D eigenvalue weighted by Gasteiger charge is 2.47. The van der Waals surface area contributed by atoms with E-state index in [9.17, 15) is 4.79 Å². The van der Waals surface area contributed by atoms with Gasteiger partial charge in [-0.05, 0) is 37.3 Å². The summed E-state index contributed by atoms with van der Waals surface area (Å²) in [5, 5.41) is 3.39. The van der Waals surface area contributed by atoms with E-state index >= 15 is 0 Å². The summed E-state index contributed by atoms with van der Waals surface area (Å²) in [6.45, 7) is 0.726. The van der Waals surface area contributed by atoms with Crippen molar-refractivity contribution in [2.24, 2.45) is 0 Å².